The van der Waals surface area contributed by atoms with Crippen LogP contribution in [0.3, 0.4) is 0 Å². The third-order valence-electron chi connectivity index (χ3n) is 2.41. The quantitative estimate of drug-likeness (QED) is 0.750. The van der Waals surface area contributed by atoms with E-state index in [2.05, 4.69) is 9.71 Å². The number of aromatic amines is 1. The van der Waals surface area contributed by atoms with Gasteiger partial charge in [0, 0.05) is 5.69 Å². The average molecular weight is 308 g/mol. The van der Waals surface area contributed by atoms with E-state index in [4.69, 9.17) is 5.11 Å². The highest BCUT2D eigenvalue weighted by Gasteiger charge is 2.36. The number of sulfonamides is 1. The molecule has 7 nitrogen and oxygen atoms in total. The van der Waals surface area contributed by atoms with E-state index in [1.807, 2.05) is 0 Å². The molecule has 3 N–H and O–H groups in total. The second-order valence-corrected chi connectivity index (χ2v) is 8.08. The van der Waals surface area contributed by atoms with Gasteiger partial charge in [-0.15, -0.1) is 0 Å². The van der Waals surface area contributed by atoms with E-state index in [0.717, 1.165) is 0 Å². The molecule has 0 amide bonds. The zero-order valence-corrected chi connectivity index (χ0v) is 12.6. The van der Waals surface area contributed by atoms with Gasteiger partial charge in [-0.1, -0.05) is 32.1 Å². The predicted octanol–water partition coefficient (Wildman–Crippen LogP) is 0.522. The molecule has 0 bridgehead atoms. The molecule has 1 aromatic heterocycles. The third kappa shape index (κ3) is 3.64. The van der Waals surface area contributed by atoms with Gasteiger partial charge in [0.1, 0.15) is 6.04 Å². The second kappa shape index (κ2) is 5.06. The van der Waals surface area contributed by atoms with Crippen LogP contribution in [0.15, 0.2) is 9.00 Å². The van der Waals surface area contributed by atoms with Crippen molar-refractivity contribution >= 4 is 27.3 Å². The van der Waals surface area contributed by atoms with Crippen molar-refractivity contribution in [3.8, 4) is 0 Å². The van der Waals surface area contributed by atoms with Crippen molar-refractivity contribution < 1.29 is 18.3 Å². The summed E-state index contributed by atoms with van der Waals surface area (Å²) in [6, 6.07) is -1.28. The maximum absolute atomic E-state index is 12.1. The predicted molar refractivity (Wildman–Crippen MR) is 70.9 cm³/mol. The van der Waals surface area contributed by atoms with Crippen molar-refractivity contribution in [1.82, 2.24) is 9.71 Å². The fourth-order valence-electron chi connectivity index (χ4n) is 1.45. The lowest BCUT2D eigenvalue weighted by Crippen LogP contribution is -2.48. The molecule has 9 heteroatoms. The largest absolute Gasteiger partial charge is 0.480 e. The molecule has 0 spiro atoms. The minimum Gasteiger partial charge on any atom is -0.480 e. The summed E-state index contributed by atoms with van der Waals surface area (Å²) < 4.78 is 26.2. The number of aryl methyl sites for hydroxylation is 1. The number of carboxylic acid groups (broad SMARTS) is 1. The molecule has 1 aromatic rings. The van der Waals surface area contributed by atoms with E-state index in [-0.39, 0.29) is 9.90 Å². The van der Waals surface area contributed by atoms with Crippen molar-refractivity contribution in [2.75, 3.05) is 0 Å². The maximum Gasteiger partial charge on any atom is 0.322 e. The number of hydrogen-bond donors (Lipinski definition) is 3. The van der Waals surface area contributed by atoms with Gasteiger partial charge in [-0.2, -0.15) is 4.72 Å². The van der Waals surface area contributed by atoms with Gasteiger partial charge in [-0.05, 0) is 12.3 Å². The Bertz CT molecular complexity index is 636. The smallest absolute Gasteiger partial charge is 0.322 e. The normalized spacial score (nSPS) is 14.3. The third-order valence-corrected chi connectivity index (χ3v) is 5.44. The van der Waals surface area contributed by atoms with Crippen LogP contribution in [0.5, 0.6) is 0 Å². The molecule has 0 aliphatic carbocycles. The Hall–Kier alpha value is -1.19. The van der Waals surface area contributed by atoms with Crippen molar-refractivity contribution in [2.24, 2.45) is 5.41 Å². The minimum atomic E-state index is -4.04. The van der Waals surface area contributed by atoms with E-state index in [1.165, 1.54) is 6.92 Å². The summed E-state index contributed by atoms with van der Waals surface area (Å²) in [7, 11) is -4.04. The van der Waals surface area contributed by atoms with E-state index in [0.29, 0.717) is 11.3 Å². The van der Waals surface area contributed by atoms with Gasteiger partial charge < -0.3 is 10.1 Å². The molecule has 1 heterocycles. The molecule has 0 unspecified atom stereocenters. The molecule has 0 aliphatic heterocycles. The minimum absolute atomic E-state index is 0.187. The number of thiazole rings is 1. The lowest BCUT2D eigenvalue weighted by Gasteiger charge is -2.27. The summed E-state index contributed by atoms with van der Waals surface area (Å²) in [4.78, 5) is 24.1. The first-order valence-corrected chi connectivity index (χ1v) is 7.70. The molecule has 1 atom stereocenters. The Kier molecular flexibility index (Phi) is 4.23. The fraction of sp³-hybridized carbons (Fsp3) is 0.600. The molecule has 0 fully saturated rings. The monoisotopic (exact) mass is 308 g/mol. The zero-order chi connectivity index (χ0) is 15.0. The van der Waals surface area contributed by atoms with Crippen molar-refractivity contribution in [1.29, 1.82) is 0 Å². The summed E-state index contributed by atoms with van der Waals surface area (Å²) in [5, 5.41) is 9.10. The van der Waals surface area contributed by atoms with Crippen LogP contribution in [0.1, 0.15) is 26.5 Å². The van der Waals surface area contributed by atoms with Crippen LogP contribution in [0.4, 0.5) is 0 Å². The summed E-state index contributed by atoms with van der Waals surface area (Å²) in [5.74, 6) is -1.27. The molecular formula is C10H16N2O5S2. The van der Waals surface area contributed by atoms with E-state index in [1.54, 1.807) is 20.8 Å². The SMILES string of the molecule is Cc1[nH]c(=O)sc1S(=O)(=O)N[C@H](C(=O)O)C(C)(C)C. The number of hydrogen-bond acceptors (Lipinski definition) is 5. The molecule has 108 valence electrons. The standard InChI is InChI=1S/C10H16N2O5S2/c1-5-8(18-9(15)11-5)19(16,17)12-6(7(13)14)10(2,3)4/h6,12H,1-4H3,(H,11,15)(H,13,14)/t6-/m1/s1. The van der Waals surface area contributed by atoms with Gasteiger partial charge in [0.2, 0.25) is 0 Å². The first-order chi connectivity index (χ1) is 8.45. The molecule has 0 saturated heterocycles. The van der Waals surface area contributed by atoms with Gasteiger partial charge in [0.25, 0.3) is 10.0 Å². The maximum atomic E-state index is 12.1. The van der Waals surface area contributed by atoms with Crippen molar-refractivity contribution in [3.63, 3.8) is 0 Å². The molecule has 0 saturated carbocycles. The Labute approximate surface area is 114 Å². The highest BCUT2D eigenvalue weighted by molar-refractivity contribution is 7.91. The van der Waals surface area contributed by atoms with E-state index >= 15 is 0 Å². The molecular weight excluding hydrogens is 292 g/mol. The lowest BCUT2D eigenvalue weighted by molar-refractivity contribution is -0.141. The van der Waals surface area contributed by atoms with Gasteiger partial charge >= 0.3 is 10.8 Å². The Morgan fingerprint density at radius 1 is 1.42 bits per heavy atom. The highest BCUT2D eigenvalue weighted by atomic mass is 32.2. The van der Waals surface area contributed by atoms with Crippen LogP contribution >= 0.6 is 11.3 Å². The molecule has 0 aliphatic rings. The fourth-order valence-corrected chi connectivity index (χ4v) is 4.17. The second-order valence-electron chi connectivity index (χ2n) is 5.19. The number of aromatic nitrogens is 1. The van der Waals surface area contributed by atoms with Gasteiger partial charge in [0.15, 0.2) is 4.21 Å². The number of rotatable bonds is 4. The highest BCUT2D eigenvalue weighted by Crippen LogP contribution is 2.23. The number of carboxylic acids is 1. The summed E-state index contributed by atoms with van der Waals surface area (Å²) in [6.45, 7) is 6.28. The van der Waals surface area contributed by atoms with Crippen LogP contribution in [0, 0.1) is 12.3 Å². The molecule has 1 rings (SSSR count). The molecule has 19 heavy (non-hydrogen) atoms. The van der Waals surface area contributed by atoms with Crippen LogP contribution in [-0.2, 0) is 14.8 Å². The van der Waals surface area contributed by atoms with Crippen molar-refractivity contribution in [2.45, 2.75) is 37.9 Å². The van der Waals surface area contributed by atoms with Crippen LogP contribution in [0.2, 0.25) is 0 Å². The van der Waals surface area contributed by atoms with Gasteiger partial charge in [-0.3, -0.25) is 9.59 Å². The van der Waals surface area contributed by atoms with Crippen LogP contribution < -0.4 is 9.60 Å². The summed E-state index contributed by atoms with van der Waals surface area (Å²) in [5.41, 5.74) is -0.603. The Balaban J connectivity index is 3.19. The zero-order valence-electron chi connectivity index (χ0n) is 11.0. The molecule has 0 radical (unpaired) electrons. The van der Waals surface area contributed by atoms with E-state index < -0.39 is 32.3 Å². The van der Waals surface area contributed by atoms with Gasteiger partial charge in [-0.25, -0.2) is 8.42 Å². The van der Waals surface area contributed by atoms with Crippen LogP contribution in [-0.4, -0.2) is 30.5 Å². The van der Waals surface area contributed by atoms with E-state index in [9.17, 15) is 18.0 Å². The number of H-pyrrole nitrogens is 1. The number of aliphatic carboxylic acids is 1. The number of nitrogens with one attached hydrogen (secondary N) is 2. The lowest BCUT2D eigenvalue weighted by atomic mass is 9.88. The Morgan fingerprint density at radius 2 is 1.95 bits per heavy atom. The number of carbonyl (C=O) groups is 1. The Morgan fingerprint density at radius 3 is 2.26 bits per heavy atom. The summed E-state index contributed by atoms with van der Waals surface area (Å²) in [6.07, 6.45) is 0. The summed E-state index contributed by atoms with van der Waals surface area (Å²) >= 11 is 0.531. The molecule has 0 aromatic carbocycles. The van der Waals surface area contributed by atoms with Crippen LogP contribution in [0.25, 0.3) is 0 Å². The first kappa shape index (κ1) is 15.9. The topological polar surface area (TPSA) is 116 Å². The first-order valence-electron chi connectivity index (χ1n) is 5.40. The average Bonchev–Trinajstić information content (AvgIpc) is 2.53. The van der Waals surface area contributed by atoms with Gasteiger partial charge in [0.05, 0.1) is 0 Å². The van der Waals surface area contributed by atoms with Crippen molar-refractivity contribution in [3.05, 3.63) is 15.4 Å².